The van der Waals surface area contributed by atoms with Gasteiger partial charge in [-0.25, -0.2) is 4.79 Å². The molecule has 1 unspecified atom stereocenters. The molecule has 0 aliphatic heterocycles. The van der Waals surface area contributed by atoms with Gasteiger partial charge in [0.15, 0.2) is 0 Å². The molecule has 0 bridgehead atoms. The number of aryl methyl sites for hydroxylation is 1. The van der Waals surface area contributed by atoms with Gasteiger partial charge in [-0.1, -0.05) is 33.1 Å². The highest BCUT2D eigenvalue weighted by Gasteiger charge is 2.20. The highest BCUT2D eigenvalue weighted by Crippen LogP contribution is 2.22. The highest BCUT2D eigenvalue weighted by molar-refractivity contribution is 5.91. The van der Waals surface area contributed by atoms with Crippen LogP contribution in [0.5, 0.6) is 5.88 Å². The van der Waals surface area contributed by atoms with E-state index in [-0.39, 0.29) is 11.4 Å². The van der Waals surface area contributed by atoms with Crippen LogP contribution in [0.4, 0.5) is 0 Å². The van der Waals surface area contributed by atoms with Gasteiger partial charge in [0.2, 0.25) is 5.88 Å². The second kappa shape index (κ2) is 7.82. The Morgan fingerprint density at radius 3 is 2.55 bits per heavy atom. The van der Waals surface area contributed by atoms with Crippen molar-refractivity contribution in [1.82, 2.24) is 10.2 Å². The molecule has 20 heavy (non-hydrogen) atoms. The van der Waals surface area contributed by atoms with Gasteiger partial charge in [0, 0.05) is 0 Å². The molecule has 1 N–H and O–H groups in total. The van der Waals surface area contributed by atoms with Crippen LogP contribution in [-0.4, -0.2) is 27.9 Å². The molecule has 0 aromatic carbocycles. The van der Waals surface area contributed by atoms with Crippen molar-refractivity contribution < 1.29 is 14.6 Å². The molecule has 0 aliphatic carbocycles. The lowest BCUT2D eigenvalue weighted by Crippen LogP contribution is -2.16. The molecular weight excluding hydrogens is 256 g/mol. The van der Waals surface area contributed by atoms with Crippen LogP contribution in [0.15, 0.2) is 0 Å². The Balaban J connectivity index is 2.82. The number of nitrogens with zero attached hydrogens (tertiary/aromatic N) is 2. The van der Waals surface area contributed by atoms with Crippen LogP contribution in [-0.2, 0) is 0 Å². The molecule has 0 fully saturated rings. The number of carboxylic acid groups (broad SMARTS) is 1. The lowest BCUT2D eigenvalue weighted by Gasteiger charge is -2.16. The maximum absolute atomic E-state index is 11.3. The summed E-state index contributed by atoms with van der Waals surface area (Å²) in [7, 11) is 0. The van der Waals surface area contributed by atoms with Crippen LogP contribution in [0.25, 0.3) is 0 Å². The van der Waals surface area contributed by atoms with Crippen molar-refractivity contribution >= 4 is 5.97 Å². The molecule has 1 atom stereocenters. The van der Waals surface area contributed by atoms with E-state index < -0.39 is 5.97 Å². The number of ether oxygens (including phenoxy) is 1. The summed E-state index contributed by atoms with van der Waals surface area (Å²) in [4.78, 5) is 11.3. The summed E-state index contributed by atoms with van der Waals surface area (Å²) in [6.07, 6.45) is 4.42. The van der Waals surface area contributed by atoms with E-state index in [4.69, 9.17) is 4.74 Å². The van der Waals surface area contributed by atoms with Gasteiger partial charge in [-0.15, -0.1) is 5.10 Å². The molecule has 0 saturated carbocycles. The van der Waals surface area contributed by atoms with Gasteiger partial charge in [0.05, 0.1) is 12.3 Å². The zero-order valence-electron chi connectivity index (χ0n) is 12.8. The normalized spacial score (nSPS) is 12.2. The van der Waals surface area contributed by atoms with Crippen LogP contribution in [0.3, 0.4) is 0 Å². The first kappa shape index (κ1) is 16.4. The summed E-state index contributed by atoms with van der Waals surface area (Å²) in [5.74, 6) is -0.451. The van der Waals surface area contributed by atoms with E-state index in [0.29, 0.717) is 23.8 Å². The molecule has 0 radical (unpaired) electrons. The van der Waals surface area contributed by atoms with E-state index in [0.717, 1.165) is 25.7 Å². The first-order valence-electron chi connectivity index (χ1n) is 7.21. The van der Waals surface area contributed by atoms with Gasteiger partial charge >= 0.3 is 5.97 Å². The predicted molar refractivity (Wildman–Crippen MR) is 77.3 cm³/mol. The van der Waals surface area contributed by atoms with E-state index >= 15 is 0 Å². The topological polar surface area (TPSA) is 72.3 Å². The van der Waals surface area contributed by atoms with Crippen molar-refractivity contribution in [3.8, 4) is 5.88 Å². The van der Waals surface area contributed by atoms with E-state index in [9.17, 15) is 9.90 Å². The SMILES string of the molecule is CCCCC(CC)COc1nnc(C)c(C)c1C(=O)O. The fourth-order valence-corrected chi connectivity index (χ4v) is 2.03. The number of hydrogen-bond donors (Lipinski definition) is 1. The molecule has 1 heterocycles. The maximum atomic E-state index is 11.3. The molecule has 0 aliphatic rings. The first-order valence-corrected chi connectivity index (χ1v) is 7.21. The number of aromatic carboxylic acids is 1. The standard InChI is InChI=1S/C15H24N2O3/c1-5-7-8-12(6-2)9-20-14-13(15(18)19)10(3)11(4)16-17-14/h12H,5-9H2,1-4H3,(H,18,19). The number of carboxylic acids is 1. The van der Waals surface area contributed by atoms with Gasteiger partial charge in [0.25, 0.3) is 0 Å². The molecule has 5 nitrogen and oxygen atoms in total. The fourth-order valence-electron chi connectivity index (χ4n) is 2.03. The average Bonchev–Trinajstić information content (AvgIpc) is 2.42. The fraction of sp³-hybridized carbons (Fsp3) is 0.667. The number of rotatable bonds is 8. The van der Waals surface area contributed by atoms with Crippen molar-refractivity contribution in [2.45, 2.75) is 53.4 Å². The zero-order valence-corrected chi connectivity index (χ0v) is 12.8. The highest BCUT2D eigenvalue weighted by atomic mass is 16.5. The van der Waals surface area contributed by atoms with Crippen molar-refractivity contribution in [1.29, 1.82) is 0 Å². The lowest BCUT2D eigenvalue weighted by molar-refractivity contribution is 0.0688. The summed E-state index contributed by atoms with van der Waals surface area (Å²) < 4.78 is 5.63. The van der Waals surface area contributed by atoms with Crippen LogP contribution in [0.1, 0.15) is 61.1 Å². The van der Waals surface area contributed by atoms with E-state index in [2.05, 4.69) is 24.0 Å². The Bertz CT molecular complexity index is 461. The molecule has 5 heteroatoms. The van der Waals surface area contributed by atoms with E-state index in [1.165, 1.54) is 0 Å². The first-order chi connectivity index (χ1) is 9.51. The Morgan fingerprint density at radius 2 is 2.00 bits per heavy atom. The average molecular weight is 280 g/mol. The maximum Gasteiger partial charge on any atom is 0.341 e. The molecular formula is C15H24N2O3. The lowest BCUT2D eigenvalue weighted by atomic mass is 10.0. The quantitative estimate of drug-likeness (QED) is 0.790. The monoisotopic (exact) mass is 280 g/mol. The van der Waals surface area contributed by atoms with Crippen LogP contribution in [0.2, 0.25) is 0 Å². The van der Waals surface area contributed by atoms with Crippen molar-refractivity contribution in [3.05, 3.63) is 16.8 Å². The van der Waals surface area contributed by atoms with Gasteiger partial charge in [-0.3, -0.25) is 0 Å². The van der Waals surface area contributed by atoms with Crippen molar-refractivity contribution in [2.24, 2.45) is 5.92 Å². The van der Waals surface area contributed by atoms with Gasteiger partial charge in [0.1, 0.15) is 5.56 Å². The van der Waals surface area contributed by atoms with E-state index in [1.807, 2.05) is 0 Å². The van der Waals surface area contributed by atoms with Crippen molar-refractivity contribution in [3.63, 3.8) is 0 Å². The van der Waals surface area contributed by atoms with E-state index in [1.54, 1.807) is 13.8 Å². The third-order valence-electron chi connectivity index (χ3n) is 3.64. The van der Waals surface area contributed by atoms with Gasteiger partial charge in [-0.05, 0) is 31.7 Å². The molecule has 1 aromatic heterocycles. The number of hydrogen-bond acceptors (Lipinski definition) is 4. The summed E-state index contributed by atoms with van der Waals surface area (Å²) in [5, 5.41) is 17.1. The molecule has 1 rings (SSSR count). The second-order valence-electron chi connectivity index (χ2n) is 5.12. The molecule has 0 amide bonds. The summed E-state index contributed by atoms with van der Waals surface area (Å²) in [6.45, 7) is 8.25. The molecule has 0 spiro atoms. The van der Waals surface area contributed by atoms with Crippen LogP contribution >= 0.6 is 0 Å². The largest absolute Gasteiger partial charge is 0.477 e. The third-order valence-corrected chi connectivity index (χ3v) is 3.64. The second-order valence-corrected chi connectivity index (χ2v) is 5.12. The smallest absolute Gasteiger partial charge is 0.341 e. The van der Waals surface area contributed by atoms with Crippen LogP contribution < -0.4 is 4.74 Å². The summed E-state index contributed by atoms with van der Waals surface area (Å²) in [6, 6.07) is 0. The minimum Gasteiger partial charge on any atom is -0.477 e. The molecule has 1 aromatic rings. The van der Waals surface area contributed by atoms with Gasteiger partial charge < -0.3 is 9.84 Å². The minimum atomic E-state index is -1.02. The third kappa shape index (κ3) is 4.18. The molecule has 112 valence electrons. The van der Waals surface area contributed by atoms with Crippen molar-refractivity contribution in [2.75, 3.05) is 6.61 Å². The summed E-state index contributed by atoms with van der Waals surface area (Å²) >= 11 is 0. The summed E-state index contributed by atoms with van der Waals surface area (Å²) in [5.41, 5.74) is 1.36. The van der Waals surface area contributed by atoms with Crippen LogP contribution in [0, 0.1) is 19.8 Å². The number of aromatic nitrogens is 2. The Kier molecular flexibility index (Phi) is 6.42. The zero-order chi connectivity index (χ0) is 15.1. The molecule has 0 saturated heterocycles. The number of unbranched alkanes of at least 4 members (excludes halogenated alkanes) is 1. The van der Waals surface area contributed by atoms with Gasteiger partial charge in [-0.2, -0.15) is 5.10 Å². The minimum absolute atomic E-state index is 0.128. The Morgan fingerprint density at radius 1 is 1.30 bits per heavy atom. The Hall–Kier alpha value is -1.65. The predicted octanol–water partition coefficient (Wildman–Crippen LogP) is 3.39. The number of carbonyl (C=O) groups is 1. The Labute approximate surface area is 120 Å².